The van der Waals surface area contributed by atoms with Crippen LogP contribution >= 0.6 is 0 Å². The average molecular weight is 244 g/mol. The van der Waals surface area contributed by atoms with Crippen LogP contribution in [-0.4, -0.2) is 13.8 Å². The van der Waals surface area contributed by atoms with Crippen LogP contribution in [0.15, 0.2) is 24.3 Å². The van der Waals surface area contributed by atoms with Gasteiger partial charge < -0.3 is 4.98 Å². The lowest BCUT2D eigenvalue weighted by atomic mass is 9.92. The van der Waals surface area contributed by atoms with Crippen molar-refractivity contribution >= 4 is 8.24 Å². The van der Waals surface area contributed by atoms with E-state index in [0.29, 0.717) is 0 Å². The molecule has 0 aromatic rings. The molecule has 2 aliphatic carbocycles. The third kappa shape index (κ3) is 3.11. The van der Waals surface area contributed by atoms with Crippen molar-refractivity contribution in [3.63, 3.8) is 0 Å². The number of nitrogens with one attached hydrogen (secondary N) is 1. The van der Waals surface area contributed by atoms with E-state index >= 15 is 0 Å². The number of rotatable bonds is 2. The summed E-state index contributed by atoms with van der Waals surface area (Å²) in [6.07, 6.45) is 13.3. The van der Waals surface area contributed by atoms with Crippen molar-refractivity contribution in [2.24, 2.45) is 0 Å². The van der Waals surface area contributed by atoms with Crippen LogP contribution in [0.3, 0.4) is 0 Å². The summed E-state index contributed by atoms with van der Waals surface area (Å²) in [6.45, 7) is 11.5. The lowest BCUT2D eigenvalue weighted by Gasteiger charge is -2.37. The van der Waals surface area contributed by atoms with Gasteiger partial charge in [0.25, 0.3) is 0 Å². The summed E-state index contributed by atoms with van der Waals surface area (Å²) in [6, 6.07) is 0. The van der Waals surface area contributed by atoms with Crippen LogP contribution in [0.1, 0.15) is 20.8 Å². The Morgan fingerprint density at radius 3 is 1.82 bits per heavy atom. The first kappa shape index (κ1) is 13.1. The zero-order valence-corrected chi connectivity index (χ0v) is 12.5. The van der Waals surface area contributed by atoms with Gasteiger partial charge in [-0.05, 0) is 39.2 Å². The van der Waals surface area contributed by atoms with Crippen LogP contribution < -0.4 is 4.98 Å². The van der Waals surface area contributed by atoms with E-state index in [0.717, 1.165) is 0 Å². The van der Waals surface area contributed by atoms with Gasteiger partial charge in [0.05, 0.1) is 0 Å². The molecule has 0 saturated heterocycles. The van der Waals surface area contributed by atoms with E-state index in [-0.39, 0.29) is 5.54 Å². The second kappa shape index (κ2) is 4.40. The molecule has 0 bridgehead atoms. The second-order valence-electron chi connectivity index (χ2n) is 6.37. The summed E-state index contributed by atoms with van der Waals surface area (Å²) in [5.74, 6) is 2.72. The monoisotopic (exact) mass is 244 g/mol. The van der Waals surface area contributed by atoms with Gasteiger partial charge in [-0.1, -0.05) is 37.4 Å². The molecular formula is C15H22NSi. The predicted molar refractivity (Wildman–Crippen MR) is 77.0 cm³/mol. The Morgan fingerprint density at radius 1 is 0.941 bits per heavy atom. The minimum Gasteiger partial charge on any atom is -0.332 e. The standard InChI is InChI=1S/C15H22NSi/c1-15(2,3)16-17(4,5)14-10-12-8-6-7-9-13(12)11-14/h6-11,16H,1-5H3. The maximum absolute atomic E-state index is 3.81. The smallest absolute Gasteiger partial charge is 0.127 e. The molecule has 1 saturated carbocycles. The van der Waals surface area contributed by atoms with E-state index in [9.17, 15) is 0 Å². The molecule has 0 heterocycles. The second-order valence-corrected chi connectivity index (χ2v) is 10.5. The first-order valence-corrected chi connectivity index (χ1v) is 9.23. The van der Waals surface area contributed by atoms with Crippen molar-refractivity contribution < 1.29 is 0 Å². The van der Waals surface area contributed by atoms with Crippen molar-refractivity contribution in [2.75, 3.05) is 0 Å². The molecule has 2 aliphatic rings. The van der Waals surface area contributed by atoms with Gasteiger partial charge in [-0.3, -0.25) is 0 Å². The molecule has 2 rings (SSSR count). The Morgan fingerprint density at radius 2 is 1.41 bits per heavy atom. The fourth-order valence-electron chi connectivity index (χ4n) is 2.52. The SMILES string of the molecule is CC(C)(C)N[Si](C)(C)[C]1[CH][C]2C=CC=C[C]2[CH]1. The average Bonchev–Trinajstić information content (AvgIpc) is 2.57. The van der Waals surface area contributed by atoms with E-state index in [2.05, 4.69) is 76.0 Å². The van der Waals surface area contributed by atoms with Crippen molar-refractivity contribution in [1.82, 2.24) is 4.98 Å². The van der Waals surface area contributed by atoms with Gasteiger partial charge in [0, 0.05) is 17.4 Å². The molecule has 0 unspecified atom stereocenters. The molecule has 17 heavy (non-hydrogen) atoms. The Hall–Kier alpha value is -0.343. The third-order valence-corrected chi connectivity index (χ3v) is 6.13. The minimum atomic E-state index is -1.55. The Labute approximate surface area is 107 Å². The van der Waals surface area contributed by atoms with E-state index in [4.69, 9.17) is 0 Å². The fourth-order valence-corrected chi connectivity index (χ4v) is 5.57. The predicted octanol–water partition coefficient (Wildman–Crippen LogP) is 3.39. The van der Waals surface area contributed by atoms with E-state index in [1.165, 1.54) is 17.4 Å². The highest BCUT2D eigenvalue weighted by atomic mass is 28.3. The summed E-state index contributed by atoms with van der Waals surface area (Å²) >= 11 is 0. The van der Waals surface area contributed by atoms with Crippen molar-refractivity contribution in [3.05, 3.63) is 54.5 Å². The molecule has 5 radical (unpaired) electrons. The number of allylic oxidation sites excluding steroid dienone is 4. The van der Waals surface area contributed by atoms with E-state index < -0.39 is 8.24 Å². The first-order chi connectivity index (χ1) is 7.78. The zero-order chi connectivity index (χ0) is 12.7. The molecule has 0 aromatic heterocycles. The van der Waals surface area contributed by atoms with Gasteiger partial charge in [0.1, 0.15) is 8.24 Å². The van der Waals surface area contributed by atoms with Gasteiger partial charge >= 0.3 is 0 Å². The molecule has 0 atom stereocenters. The Bertz CT molecular complexity index is 315. The molecule has 0 aromatic carbocycles. The molecular weight excluding hydrogens is 222 g/mol. The van der Waals surface area contributed by atoms with E-state index in [1.54, 1.807) is 0 Å². The summed E-state index contributed by atoms with van der Waals surface area (Å²) in [5, 5.41) is 0. The maximum atomic E-state index is 3.81. The van der Waals surface area contributed by atoms with Crippen LogP contribution in [0.5, 0.6) is 0 Å². The molecule has 1 N–H and O–H groups in total. The lowest BCUT2D eigenvalue weighted by Crippen LogP contribution is -2.58. The Kier molecular flexibility index (Phi) is 3.39. The van der Waals surface area contributed by atoms with Gasteiger partial charge in [0.15, 0.2) is 0 Å². The first-order valence-electron chi connectivity index (χ1n) is 6.23. The van der Waals surface area contributed by atoms with Gasteiger partial charge in [-0.2, -0.15) is 0 Å². The van der Waals surface area contributed by atoms with Crippen LogP contribution in [0.2, 0.25) is 13.1 Å². The number of hydrogen-bond acceptors (Lipinski definition) is 1. The van der Waals surface area contributed by atoms with Crippen LogP contribution in [-0.2, 0) is 0 Å². The topological polar surface area (TPSA) is 12.0 Å². The zero-order valence-electron chi connectivity index (χ0n) is 11.5. The van der Waals surface area contributed by atoms with E-state index in [1.807, 2.05) is 0 Å². The maximum Gasteiger partial charge on any atom is 0.127 e. The summed E-state index contributed by atoms with van der Waals surface area (Å²) in [5.41, 5.74) is 1.67. The molecule has 0 amide bonds. The summed E-state index contributed by atoms with van der Waals surface area (Å²) in [4.78, 5) is 3.81. The number of hydrogen-bond donors (Lipinski definition) is 1. The van der Waals surface area contributed by atoms with Gasteiger partial charge in [-0.25, -0.2) is 0 Å². The largest absolute Gasteiger partial charge is 0.332 e. The molecule has 0 aliphatic heterocycles. The highest BCUT2D eigenvalue weighted by molar-refractivity contribution is 6.81. The summed E-state index contributed by atoms with van der Waals surface area (Å²) in [7, 11) is -1.55. The molecule has 0 spiro atoms. The molecule has 2 heteroatoms. The van der Waals surface area contributed by atoms with Crippen molar-refractivity contribution in [1.29, 1.82) is 0 Å². The number of fused-ring (bicyclic) bond motifs is 1. The van der Waals surface area contributed by atoms with Crippen LogP contribution in [0, 0.1) is 30.2 Å². The van der Waals surface area contributed by atoms with Gasteiger partial charge in [0.2, 0.25) is 0 Å². The van der Waals surface area contributed by atoms with Crippen LogP contribution in [0.4, 0.5) is 0 Å². The fraction of sp³-hybridized carbons (Fsp3) is 0.400. The lowest BCUT2D eigenvalue weighted by molar-refractivity contribution is 0.512. The Balaban J connectivity index is 2.04. The minimum absolute atomic E-state index is 0.180. The molecule has 91 valence electrons. The van der Waals surface area contributed by atoms with Crippen molar-refractivity contribution in [2.45, 2.75) is 39.4 Å². The molecule has 1 fully saturated rings. The highest BCUT2D eigenvalue weighted by Gasteiger charge is 2.44. The van der Waals surface area contributed by atoms with Gasteiger partial charge in [-0.15, -0.1) is 0 Å². The summed E-state index contributed by atoms with van der Waals surface area (Å²) < 4.78 is 0. The molecule has 1 nitrogen and oxygen atoms in total. The normalized spacial score (nSPS) is 23.4. The van der Waals surface area contributed by atoms with Crippen LogP contribution in [0.25, 0.3) is 0 Å². The quantitative estimate of drug-likeness (QED) is 0.734. The van der Waals surface area contributed by atoms with Crippen molar-refractivity contribution in [3.8, 4) is 0 Å². The highest BCUT2D eigenvalue weighted by Crippen LogP contribution is 2.45. The third-order valence-electron chi connectivity index (χ3n) is 3.03.